The van der Waals surface area contributed by atoms with E-state index >= 15 is 0 Å². The van der Waals surface area contributed by atoms with Gasteiger partial charge >= 0.3 is 6.03 Å². The van der Waals surface area contributed by atoms with Crippen molar-refractivity contribution in [2.45, 2.75) is 32.9 Å². The molecular weight excluding hydrogens is 263 g/mol. The van der Waals surface area contributed by atoms with E-state index in [9.17, 15) is 19.1 Å². The molecule has 0 bridgehead atoms. The predicted molar refractivity (Wildman–Crippen MR) is 70.0 cm³/mol. The molecule has 0 aliphatic carbocycles. The number of amides is 2. The number of halogens is 1. The van der Waals surface area contributed by atoms with Crippen LogP contribution < -0.4 is 15.7 Å². The standard InChI is InChI=1S/C14H19FN2O3/c1-9(2)7-12(13(18)19)17-14(20)16-8-10-3-5-11(15)6-4-10/h3-6,9,12H,7-8H2,1-2H3,(H,18,19)(H2,16,17,20)/p-1/t12-/m0/s1. The molecule has 110 valence electrons. The van der Waals surface area contributed by atoms with Crippen LogP contribution in [0.3, 0.4) is 0 Å². The summed E-state index contributed by atoms with van der Waals surface area (Å²) in [4.78, 5) is 22.5. The van der Waals surface area contributed by atoms with Crippen molar-refractivity contribution in [3.63, 3.8) is 0 Å². The summed E-state index contributed by atoms with van der Waals surface area (Å²) < 4.78 is 12.7. The van der Waals surface area contributed by atoms with Gasteiger partial charge in [0.15, 0.2) is 0 Å². The average molecular weight is 281 g/mol. The predicted octanol–water partition coefficient (Wildman–Crippen LogP) is 0.789. The molecule has 1 aromatic carbocycles. The molecule has 1 atom stereocenters. The smallest absolute Gasteiger partial charge is 0.315 e. The Kier molecular flexibility index (Phi) is 5.96. The summed E-state index contributed by atoms with van der Waals surface area (Å²) >= 11 is 0. The van der Waals surface area contributed by atoms with Gasteiger partial charge in [-0.15, -0.1) is 0 Å². The fourth-order valence-corrected chi connectivity index (χ4v) is 1.68. The summed E-state index contributed by atoms with van der Waals surface area (Å²) in [7, 11) is 0. The lowest BCUT2D eigenvalue weighted by molar-refractivity contribution is -0.308. The highest BCUT2D eigenvalue weighted by molar-refractivity contribution is 5.81. The normalized spacial score (nSPS) is 12.0. The largest absolute Gasteiger partial charge is 0.548 e. The molecule has 1 aromatic rings. The third kappa shape index (κ3) is 5.69. The number of urea groups is 1. The Morgan fingerprint density at radius 3 is 2.35 bits per heavy atom. The van der Waals surface area contributed by atoms with Gasteiger partial charge in [0.1, 0.15) is 5.82 Å². The lowest BCUT2D eigenvalue weighted by Crippen LogP contribution is -2.51. The zero-order valence-corrected chi connectivity index (χ0v) is 11.5. The van der Waals surface area contributed by atoms with Crippen LogP contribution in [-0.4, -0.2) is 18.0 Å². The molecule has 0 heterocycles. The summed E-state index contributed by atoms with van der Waals surface area (Å²) in [5.41, 5.74) is 0.718. The van der Waals surface area contributed by atoms with Crippen LogP contribution in [0.15, 0.2) is 24.3 Å². The van der Waals surface area contributed by atoms with E-state index in [1.807, 2.05) is 13.8 Å². The van der Waals surface area contributed by atoms with Gasteiger partial charge in [-0.05, 0) is 30.0 Å². The van der Waals surface area contributed by atoms with Crippen LogP contribution in [-0.2, 0) is 11.3 Å². The Bertz CT molecular complexity index is 460. The van der Waals surface area contributed by atoms with Crippen molar-refractivity contribution in [1.82, 2.24) is 10.6 Å². The van der Waals surface area contributed by atoms with Gasteiger partial charge in [-0.1, -0.05) is 26.0 Å². The van der Waals surface area contributed by atoms with Gasteiger partial charge in [-0.3, -0.25) is 0 Å². The minimum Gasteiger partial charge on any atom is -0.548 e. The van der Waals surface area contributed by atoms with Gasteiger partial charge < -0.3 is 20.5 Å². The van der Waals surface area contributed by atoms with Crippen molar-refractivity contribution in [2.24, 2.45) is 5.92 Å². The molecule has 0 fully saturated rings. The van der Waals surface area contributed by atoms with Gasteiger partial charge in [0, 0.05) is 6.54 Å². The molecule has 1 rings (SSSR count). The molecule has 0 radical (unpaired) electrons. The van der Waals surface area contributed by atoms with E-state index in [4.69, 9.17) is 0 Å². The van der Waals surface area contributed by atoms with Crippen molar-refractivity contribution in [2.75, 3.05) is 0 Å². The number of rotatable bonds is 6. The summed E-state index contributed by atoms with van der Waals surface area (Å²) in [5.74, 6) is -1.54. The first kappa shape index (κ1) is 15.9. The summed E-state index contributed by atoms with van der Waals surface area (Å²) in [5, 5.41) is 15.7. The maximum absolute atomic E-state index is 12.7. The first-order valence-electron chi connectivity index (χ1n) is 6.38. The van der Waals surface area contributed by atoms with Gasteiger partial charge in [0.25, 0.3) is 0 Å². The maximum atomic E-state index is 12.7. The number of benzene rings is 1. The second kappa shape index (κ2) is 7.47. The highest BCUT2D eigenvalue weighted by Crippen LogP contribution is 2.04. The lowest BCUT2D eigenvalue weighted by Gasteiger charge is -2.21. The molecule has 0 unspecified atom stereocenters. The van der Waals surface area contributed by atoms with Crippen LogP contribution in [0.4, 0.5) is 9.18 Å². The first-order chi connectivity index (χ1) is 9.38. The van der Waals surface area contributed by atoms with E-state index in [2.05, 4.69) is 10.6 Å². The number of aliphatic carboxylic acids is 1. The third-order valence-electron chi connectivity index (χ3n) is 2.66. The summed E-state index contributed by atoms with van der Waals surface area (Å²) in [6.07, 6.45) is 0.298. The molecule has 5 nitrogen and oxygen atoms in total. The molecule has 6 heteroatoms. The molecule has 0 saturated heterocycles. The highest BCUT2D eigenvalue weighted by Gasteiger charge is 2.14. The van der Waals surface area contributed by atoms with Crippen molar-refractivity contribution in [3.05, 3.63) is 35.6 Å². The van der Waals surface area contributed by atoms with Crippen LogP contribution in [0.2, 0.25) is 0 Å². The highest BCUT2D eigenvalue weighted by atomic mass is 19.1. The van der Waals surface area contributed by atoms with Crippen molar-refractivity contribution >= 4 is 12.0 Å². The van der Waals surface area contributed by atoms with Crippen LogP contribution in [0.1, 0.15) is 25.8 Å². The molecule has 0 aliphatic rings. The van der Waals surface area contributed by atoms with E-state index in [1.54, 1.807) is 12.1 Å². The zero-order chi connectivity index (χ0) is 15.1. The number of carboxylic acid groups (broad SMARTS) is 1. The van der Waals surface area contributed by atoms with Crippen LogP contribution in [0, 0.1) is 11.7 Å². The van der Waals surface area contributed by atoms with E-state index in [-0.39, 0.29) is 18.3 Å². The Hall–Kier alpha value is -2.11. The molecule has 0 spiro atoms. The number of carbonyl (C=O) groups excluding carboxylic acids is 2. The molecule has 2 amide bonds. The molecule has 0 saturated carbocycles. The third-order valence-corrected chi connectivity index (χ3v) is 2.66. The Balaban J connectivity index is 2.45. The van der Waals surface area contributed by atoms with E-state index in [0.29, 0.717) is 6.42 Å². The van der Waals surface area contributed by atoms with Crippen molar-refractivity contribution in [1.29, 1.82) is 0 Å². The second-order valence-corrected chi connectivity index (χ2v) is 4.95. The zero-order valence-electron chi connectivity index (χ0n) is 11.5. The van der Waals surface area contributed by atoms with Gasteiger partial charge in [0.05, 0.1) is 12.0 Å². The van der Waals surface area contributed by atoms with Crippen molar-refractivity contribution in [3.8, 4) is 0 Å². The number of hydrogen-bond acceptors (Lipinski definition) is 3. The summed E-state index contributed by atoms with van der Waals surface area (Å²) in [6.45, 7) is 3.90. The van der Waals surface area contributed by atoms with Crippen molar-refractivity contribution < 1.29 is 19.1 Å². The van der Waals surface area contributed by atoms with E-state index in [0.717, 1.165) is 5.56 Å². The minimum absolute atomic E-state index is 0.121. The quantitative estimate of drug-likeness (QED) is 0.809. The molecule has 0 aliphatic heterocycles. The van der Waals surface area contributed by atoms with Crippen LogP contribution in [0.5, 0.6) is 0 Å². The lowest BCUT2D eigenvalue weighted by atomic mass is 10.0. The topological polar surface area (TPSA) is 81.3 Å². The fraction of sp³-hybridized carbons (Fsp3) is 0.429. The van der Waals surface area contributed by atoms with Crippen LogP contribution >= 0.6 is 0 Å². The van der Waals surface area contributed by atoms with E-state index < -0.39 is 18.0 Å². The molecule has 20 heavy (non-hydrogen) atoms. The average Bonchev–Trinajstić information content (AvgIpc) is 2.36. The van der Waals surface area contributed by atoms with Gasteiger partial charge in [-0.25, -0.2) is 9.18 Å². The molecular formula is C14H18FN2O3-. The van der Waals surface area contributed by atoms with Gasteiger partial charge in [-0.2, -0.15) is 0 Å². The molecule has 0 aromatic heterocycles. The second-order valence-electron chi connectivity index (χ2n) is 4.95. The molecule has 2 N–H and O–H groups in total. The number of carbonyl (C=O) groups is 2. The summed E-state index contributed by atoms with van der Waals surface area (Å²) in [6, 6.07) is 4.04. The minimum atomic E-state index is -1.31. The van der Waals surface area contributed by atoms with Gasteiger partial charge in [0.2, 0.25) is 0 Å². The van der Waals surface area contributed by atoms with Crippen LogP contribution in [0.25, 0.3) is 0 Å². The number of hydrogen-bond donors (Lipinski definition) is 2. The Morgan fingerprint density at radius 1 is 1.25 bits per heavy atom. The van der Waals surface area contributed by atoms with E-state index in [1.165, 1.54) is 12.1 Å². The number of carboxylic acids is 1. The number of nitrogens with one attached hydrogen (secondary N) is 2. The fourth-order valence-electron chi connectivity index (χ4n) is 1.68. The Morgan fingerprint density at radius 2 is 1.85 bits per heavy atom. The first-order valence-corrected chi connectivity index (χ1v) is 6.38. The monoisotopic (exact) mass is 281 g/mol. The SMILES string of the molecule is CC(C)C[C@H](NC(=O)NCc1ccc(F)cc1)C(=O)[O-]. The Labute approximate surface area is 117 Å². The maximum Gasteiger partial charge on any atom is 0.315 e.